The Balaban J connectivity index is 2.70. The minimum absolute atomic E-state index is 0.100. The lowest BCUT2D eigenvalue weighted by molar-refractivity contribution is 0.0928. The second-order valence-corrected chi connectivity index (χ2v) is 5.76. The molecule has 0 bridgehead atoms. The first-order chi connectivity index (χ1) is 9.26. The normalized spacial score (nSPS) is 11.5. The highest BCUT2D eigenvalue weighted by Gasteiger charge is 2.20. The van der Waals surface area contributed by atoms with Crippen LogP contribution in [0.5, 0.6) is 0 Å². The smallest absolute Gasteiger partial charge is 0.254 e. The van der Waals surface area contributed by atoms with Crippen LogP contribution in [-0.4, -0.2) is 24.2 Å². The zero-order valence-corrected chi connectivity index (χ0v) is 12.1. The van der Waals surface area contributed by atoms with Gasteiger partial charge in [0.2, 0.25) is 0 Å². The maximum atomic E-state index is 13.6. The molecule has 0 aliphatic carbocycles. The molecule has 0 saturated heterocycles. The highest BCUT2D eigenvalue weighted by atomic mass is 19.1. The molecular formula is C15H21F2NO2. The molecule has 20 heavy (non-hydrogen) atoms. The summed E-state index contributed by atoms with van der Waals surface area (Å²) in [6, 6.07) is 1.93. The summed E-state index contributed by atoms with van der Waals surface area (Å²) in [6.45, 7) is 5.85. The van der Waals surface area contributed by atoms with Gasteiger partial charge in [-0.05, 0) is 36.8 Å². The molecule has 2 N–H and O–H groups in total. The fourth-order valence-corrected chi connectivity index (χ4v) is 1.89. The number of aliphatic hydroxyl groups excluding tert-OH is 1. The predicted molar refractivity (Wildman–Crippen MR) is 73.5 cm³/mol. The van der Waals surface area contributed by atoms with Gasteiger partial charge in [0, 0.05) is 19.2 Å². The van der Waals surface area contributed by atoms with E-state index in [0.717, 1.165) is 12.5 Å². The zero-order chi connectivity index (χ0) is 15.3. The molecule has 0 unspecified atom stereocenters. The number of carbonyl (C=O) groups excluding carboxylic acids is 1. The molecule has 1 amide bonds. The van der Waals surface area contributed by atoms with Crippen LogP contribution < -0.4 is 5.32 Å². The van der Waals surface area contributed by atoms with Crippen molar-refractivity contribution in [1.29, 1.82) is 0 Å². The molecule has 0 aliphatic heterocycles. The van der Waals surface area contributed by atoms with E-state index in [1.54, 1.807) is 0 Å². The summed E-state index contributed by atoms with van der Waals surface area (Å²) < 4.78 is 26.7. The minimum Gasteiger partial charge on any atom is -0.396 e. The molecule has 5 heteroatoms. The molecular weight excluding hydrogens is 264 g/mol. The Morgan fingerprint density at radius 3 is 2.55 bits per heavy atom. The van der Waals surface area contributed by atoms with E-state index in [2.05, 4.69) is 5.32 Å². The first-order valence-electron chi connectivity index (χ1n) is 6.61. The lowest BCUT2D eigenvalue weighted by Crippen LogP contribution is -2.34. The zero-order valence-electron chi connectivity index (χ0n) is 12.1. The third kappa shape index (κ3) is 4.56. The summed E-state index contributed by atoms with van der Waals surface area (Å²) in [5.41, 5.74) is -0.109. The average molecular weight is 285 g/mol. The number of nitrogens with one attached hydrogen (secondary N) is 1. The molecule has 0 aliphatic rings. The van der Waals surface area contributed by atoms with Gasteiger partial charge in [-0.2, -0.15) is 0 Å². The van der Waals surface area contributed by atoms with Gasteiger partial charge in [0.25, 0.3) is 5.91 Å². The number of halogens is 2. The van der Waals surface area contributed by atoms with Gasteiger partial charge < -0.3 is 10.4 Å². The average Bonchev–Trinajstić information content (AvgIpc) is 2.38. The summed E-state index contributed by atoms with van der Waals surface area (Å²) in [6.07, 6.45) is 1.39. The Morgan fingerprint density at radius 2 is 1.95 bits per heavy atom. The third-order valence-corrected chi connectivity index (χ3v) is 3.23. The Hall–Kier alpha value is -1.49. The van der Waals surface area contributed by atoms with Crippen LogP contribution in [-0.2, 0) is 0 Å². The van der Waals surface area contributed by atoms with Gasteiger partial charge in [0.15, 0.2) is 0 Å². The minimum atomic E-state index is -0.862. The Bertz CT molecular complexity index is 487. The molecule has 1 aromatic rings. The fourth-order valence-electron chi connectivity index (χ4n) is 1.89. The highest BCUT2D eigenvalue weighted by molar-refractivity contribution is 5.94. The quantitative estimate of drug-likeness (QED) is 0.844. The molecule has 1 aromatic carbocycles. The molecule has 112 valence electrons. The van der Waals surface area contributed by atoms with Crippen molar-refractivity contribution in [2.75, 3.05) is 13.2 Å². The van der Waals surface area contributed by atoms with E-state index in [1.807, 2.05) is 13.8 Å². The van der Waals surface area contributed by atoms with Gasteiger partial charge in [-0.1, -0.05) is 13.8 Å². The highest BCUT2D eigenvalue weighted by Crippen LogP contribution is 2.21. The monoisotopic (exact) mass is 285 g/mol. The van der Waals surface area contributed by atoms with Gasteiger partial charge in [0.1, 0.15) is 11.6 Å². The SMILES string of the molecule is Cc1cc(C(=O)NCC(C)(C)CCCO)c(F)cc1F. The van der Waals surface area contributed by atoms with E-state index < -0.39 is 17.5 Å². The van der Waals surface area contributed by atoms with Crippen LogP contribution in [0.25, 0.3) is 0 Å². The molecule has 0 atom stereocenters. The van der Waals surface area contributed by atoms with Crippen LogP contribution >= 0.6 is 0 Å². The summed E-state index contributed by atoms with van der Waals surface area (Å²) in [4.78, 5) is 11.9. The van der Waals surface area contributed by atoms with Crippen LogP contribution in [0.1, 0.15) is 42.6 Å². The maximum Gasteiger partial charge on any atom is 0.254 e. The lowest BCUT2D eigenvalue weighted by atomic mass is 9.88. The van der Waals surface area contributed by atoms with Crippen molar-refractivity contribution < 1.29 is 18.7 Å². The van der Waals surface area contributed by atoms with Gasteiger partial charge in [0.05, 0.1) is 5.56 Å². The van der Waals surface area contributed by atoms with Crippen molar-refractivity contribution in [2.45, 2.75) is 33.6 Å². The topological polar surface area (TPSA) is 49.3 Å². The molecule has 1 rings (SSSR count). The predicted octanol–water partition coefficient (Wildman–Crippen LogP) is 2.80. The van der Waals surface area contributed by atoms with Gasteiger partial charge in [-0.25, -0.2) is 8.78 Å². The number of benzene rings is 1. The second-order valence-electron chi connectivity index (χ2n) is 5.76. The summed E-state index contributed by atoms with van der Waals surface area (Å²) in [5, 5.41) is 11.5. The first kappa shape index (κ1) is 16.6. The number of rotatable bonds is 6. The lowest BCUT2D eigenvalue weighted by Gasteiger charge is -2.24. The first-order valence-corrected chi connectivity index (χ1v) is 6.61. The van der Waals surface area contributed by atoms with Crippen LogP contribution in [0.15, 0.2) is 12.1 Å². The van der Waals surface area contributed by atoms with E-state index in [0.29, 0.717) is 13.0 Å². The van der Waals surface area contributed by atoms with Crippen LogP contribution in [0, 0.1) is 24.0 Å². The molecule has 0 fully saturated rings. The van der Waals surface area contributed by atoms with Crippen molar-refractivity contribution in [1.82, 2.24) is 5.32 Å². The van der Waals surface area contributed by atoms with E-state index in [-0.39, 0.29) is 23.1 Å². The molecule has 0 spiro atoms. The number of hydrogen-bond acceptors (Lipinski definition) is 2. The number of carbonyl (C=O) groups is 1. The standard InChI is InChI=1S/C15H21F2NO2/c1-10-7-11(13(17)8-12(10)16)14(20)18-9-15(2,3)5-4-6-19/h7-8,19H,4-6,9H2,1-3H3,(H,18,20). The van der Waals surface area contributed by atoms with Crippen molar-refractivity contribution in [3.05, 3.63) is 34.9 Å². The van der Waals surface area contributed by atoms with Crippen LogP contribution in [0.2, 0.25) is 0 Å². The van der Waals surface area contributed by atoms with Crippen molar-refractivity contribution in [2.24, 2.45) is 5.41 Å². The summed E-state index contributed by atoms with van der Waals surface area (Å²) in [5.74, 6) is -2.08. The summed E-state index contributed by atoms with van der Waals surface area (Å²) >= 11 is 0. The number of aliphatic hydroxyl groups is 1. The van der Waals surface area contributed by atoms with E-state index in [4.69, 9.17) is 5.11 Å². The molecule has 0 radical (unpaired) electrons. The van der Waals surface area contributed by atoms with E-state index in [9.17, 15) is 13.6 Å². The van der Waals surface area contributed by atoms with Gasteiger partial charge in [-0.15, -0.1) is 0 Å². The van der Waals surface area contributed by atoms with Crippen LogP contribution in [0.3, 0.4) is 0 Å². The molecule has 0 saturated carbocycles. The van der Waals surface area contributed by atoms with Crippen molar-refractivity contribution in [3.8, 4) is 0 Å². The largest absolute Gasteiger partial charge is 0.396 e. The number of hydrogen-bond donors (Lipinski definition) is 2. The molecule has 3 nitrogen and oxygen atoms in total. The fraction of sp³-hybridized carbons (Fsp3) is 0.533. The van der Waals surface area contributed by atoms with Gasteiger partial charge in [-0.3, -0.25) is 4.79 Å². The molecule has 0 heterocycles. The third-order valence-electron chi connectivity index (χ3n) is 3.23. The second kappa shape index (κ2) is 6.79. The summed E-state index contributed by atoms with van der Waals surface area (Å²) in [7, 11) is 0. The Kier molecular flexibility index (Phi) is 5.62. The number of aryl methyl sites for hydroxylation is 1. The Labute approximate surface area is 118 Å². The van der Waals surface area contributed by atoms with E-state index in [1.165, 1.54) is 13.0 Å². The van der Waals surface area contributed by atoms with Gasteiger partial charge >= 0.3 is 0 Å². The maximum absolute atomic E-state index is 13.6. The van der Waals surface area contributed by atoms with Crippen molar-refractivity contribution >= 4 is 5.91 Å². The van der Waals surface area contributed by atoms with Crippen molar-refractivity contribution in [3.63, 3.8) is 0 Å². The molecule has 0 aromatic heterocycles. The van der Waals surface area contributed by atoms with Crippen LogP contribution in [0.4, 0.5) is 8.78 Å². The Morgan fingerprint density at radius 1 is 1.30 bits per heavy atom. The van der Waals surface area contributed by atoms with E-state index >= 15 is 0 Å². The number of amides is 1.